The minimum Gasteiger partial charge on any atom is -0.394 e. The largest absolute Gasteiger partial charge is 0.394 e. The van der Waals surface area contributed by atoms with E-state index in [9.17, 15) is 15.0 Å². The highest BCUT2D eigenvalue weighted by Gasteiger charge is 2.56. The number of thiophene rings is 1. The van der Waals surface area contributed by atoms with Crippen molar-refractivity contribution in [3.8, 4) is 11.1 Å². The van der Waals surface area contributed by atoms with Crippen LogP contribution in [-0.2, 0) is 22.5 Å². The maximum Gasteiger partial charge on any atom is 0.225 e. The van der Waals surface area contributed by atoms with Gasteiger partial charge in [0.1, 0.15) is 0 Å². The van der Waals surface area contributed by atoms with Crippen LogP contribution in [0.2, 0.25) is 0 Å². The standard InChI is InChI=1S/C31H38N4O4S/c1-19-9-21-5-4-8-34(22-12-30(16-36,17-37)33(3)14-22)28(21)24(10-19)27-20(2)13-32-25-11-23(40-29(25)27)15-35-26(38)6-7-31(35)18-39-31/h9-11,13,22,36-37H,4-8,12,14-18H2,1-3H3/t22-,31?/m0/s1. The number of likely N-dealkylation sites (tertiary alicyclic amines) is 2. The number of carbonyl (C=O) groups excluding carboxylic acids is 1. The smallest absolute Gasteiger partial charge is 0.225 e. The molecule has 4 aliphatic heterocycles. The molecule has 2 aromatic heterocycles. The minimum atomic E-state index is -0.592. The third kappa shape index (κ3) is 4.01. The summed E-state index contributed by atoms with van der Waals surface area (Å²) in [6, 6.07) is 7.00. The Kier molecular flexibility index (Phi) is 6.25. The number of aliphatic hydroxyl groups is 2. The average Bonchev–Trinajstić information content (AvgIpc) is 3.35. The molecule has 212 valence electrons. The molecule has 3 aromatic rings. The van der Waals surface area contributed by atoms with Crippen LogP contribution in [0, 0.1) is 13.8 Å². The molecule has 1 amide bonds. The van der Waals surface area contributed by atoms with Crippen LogP contribution >= 0.6 is 11.3 Å². The van der Waals surface area contributed by atoms with Crippen molar-refractivity contribution in [1.82, 2.24) is 14.8 Å². The molecule has 3 fully saturated rings. The number of amides is 1. The fourth-order valence-corrected chi connectivity index (χ4v) is 8.60. The van der Waals surface area contributed by atoms with Crippen LogP contribution in [0.3, 0.4) is 0 Å². The van der Waals surface area contributed by atoms with Crippen molar-refractivity contribution in [3.63, 3.8) is 0 Å². The van der Waals surface area contributed by atoms with Gasteiger partial charge in [-0.3, -0.25) is 14.7 Å². The van der Waals surface area contributed by atoms with Gasteiger partial charge < -0.3 is 24.7 Å². The zero-order valence-corrected chi connectivity index (χ0v) is 24.4. The van der Waals surface area contributed by atoms with Crippen molar-refractivity contribution >= 4 is 33.1 Å². The number of likely N-dealkylation sites (N-methyl/N-ethyl adjacent to an activating group) is 1. The maximum atomic E-state index is 12.7. The molecule has 3 saturated heterocycles. The molecule has 8 nitrogen and oxygen atoms in total. The summed E-state index contributed by atoms with van der Waals surface area (Å²) in [6.45, 7) is 7.18. The lowest BCUT2D eigenvalue weighted by molar-refractivity contribution is -0.131. The van der Waals surface area contributed by atoms with Gasteiger partial charge in [0.15, 0.2) is 5.72 Å². The Morgan fingerprint density at radius 3 is 2.70 bits per heavy atom. The zero-order valence-electron chi connectivity index (χ0n) is 23.6. The van der Waals surface area contributed by atoms with Crippen molar-refractivity contribution in [1.29, 1.82) is 0 Å². The van der Waals surface area contributed by atoms with Gasteiger partial charge in [-0.1, -0.05) is 11.6 Å². The van der Waals surface area contributed by atoms with E-state index >= 15 is 0 Å². The molecule has 9 heteroatoms. The van der Waals surface area contributed by atoms with Gasteiger partial charge in [-0.2, -0.15) is 0 Å². The second kappa shape index (κ2) is 9.49. The predicted octanol–water partition coefficient (Wildman–Crippen LogP) is 3.61. The lowest BCUT2D eigenvalue weighted by atomic mass is 9.88. The molecule has 0 saturated carbocycles. The number of ether oxygens (including phenoxy) is 1. The topological polar surface area (TPSA) is 92.7 Å². The summed E-state index contributed by atoms with van der Waals surface area (Å²) < 4.78 is 6.89. The third-order valence-electron chi connectivity index (χ3n) is 9.77. The first-order valence-electron chi connectivity index (χ1n) is 14.4. The number of fused-ring (bicyclic) bond motifs is 2. The van der Waals surface area contributed by atoms with E-state index < -0.39 is 5.54 Å². The number of aliphatic hydroxyl groups excluding tert-OH is 2. The summed E-state index contributed by atoms with van der Waals surface area (Å²) in [5.41, 5.74) is 7.50. The molecule has 1 unspecified atom stereocenters. The van der Waals surface area contributed by atoms with Gasteiger partial charge in [0.2, 0.25) is 5.91 Å². The average molecular weight is 563 g/mol. The summed E-state index contributed by atoms with van der Waals surface area (Å²) in [5, 5.41) is 20.4. The minimum absolute atomic E-state index is 0.0497. The van der Waals surface area contributed by atoms with Crippen LogP contribution in [0.15, 0.2) is 24.4 Å². The second-order valence-electron chi connectivity index (χ2n) is 12.4. The van der Waals surface area contributed by atoms with Crippen molar-refractivity contribution < 1.29 is 19.7 Å². The van der Waals surface area contributed by atoms with E-state index in [1.54, 1.807) is 11.3 Å². The fraction of sp³-hybridized carbons (Fsp3) is 0.548. The number of aromatic nitrogens is 1. The molecule has 4 aliphatic rings. The maximum absolute atomic E-state index is 12.7. The number of rotatable bonds is 6. The summed E-state index contributed by atoms with van der Waals surface area (Å²) in [7, 11) is 2.01. The molecule has 0 radical (unpaired) electrons. The van der Waals surface area contributed by atoms with Crippen LogP contribution in [-0.4, -0.2) is 88.2 Å². The molecule has 0 bridgehead atoms. The van der Waals surface area contributed by atoms with Gasteiger partial charge >= 0.3 is 0 Å². The number of aryl methyl sites for hydroxylation is 3. The summed E-state index contributed by atoms with van der Waals surface area (Å²) in [6.07, 6.45) is 6.18. The van der Waals surface area contributed by atoms with Crippen molar-refractivity contribution in [2.24, 2.45) is 0 Å². The van der Waals surface area contributed by atoms with Crippen LogP contribution in [0.4, 0.5) is 5.69 Å². The highest BCUT2D eigenvalue weighted by atomic mass is 32.1. The molecule has 2 atom stereocenters. The van der Waals surface area contributed by atoms with Crippen LogP contribution < -0.4 is 4.90 Å². The van der Waals surface area contributed by atoms with E-state index in [0.717, 1.165) is 59.4 Å². The normalized spacial score (nSPS) is 25.9. The number of nitrogens with zero attached hydrogens (tertiary/aromatic N) is 4. The van der Waals surface area contributed by atoms with Crippen LogP contribution in [0.5, 0.6) is 0 Å². The first-order valence-corrected chi connectivity index (χ1v) is 15.3. The molecule has 0 aliphatic carbocycles. The monoisotopic (exact) mass is 562 g/mol. The van der Waals surface area contributed by atoms with Gasteiger partial charge in [-0.25, -0.2) is 0 Å². The second-order valence-corrected chi connectivity index (χ2v) is 13.5. The van der Waals surface area contributed by atoms with E-state index in [0.29, 0.717) is 19.6 Å². The zero-order chi connectivity index (χ0) is 27.8. The van der Waals surface area contributed by atoms with Crippen molar-refractivity contribution in [2.75, 3.05) is 44.9 Å². The van der Waals surface area contributed by atoms with E-state index in [1.807, 2.05) is 18.1 Å². The van der Waals surface area contributed by atoms with Gasteiger partial charge in [0, 0.05) is 59.9 Å². The predicted molar refractivity (Wildman–Crippen MR) is 157 cm³/mol. The first-order chi connectivity index (χ1) is 19.3. The number of carbonyl (C=O) groups is 1. The molecule has 1 aromatic carbocycles. The molecule has 7 rings (SSSR count). The SMILES string of the molecule is Cc1cc2c(c(-c3c(C)cnc4cc(CN5C(=O)CCC56CO6)sc34)c1)N([C@@H]1CN(C)C(CO)(CO)C1)CCC2. The van der Waals surface area contributed by atoms with Gasteiger partial charge in [-0.15, -0.1) is 11.3 Å². The van der Waals surface area contributed by atoms with Crippen molar-refractivity contribution in [3.05, 3.63) is 46.0 Å². The Balaban J connectivity index is 1.32. The van der Waals surface area contributed by atoms with E-state index in [2.05, 4.69) is 41.8 Å². The molecular formula is C31H38N4O4S. The van der Waals surface area contributed by atoms with E-state index in [1.165, 1.54) is 27.9 Å². The Morgan fingerprint density at radius 1 is 1.18 bits per heavy atom. The first kappa shape index (κ1) is 26.3. The van der Waals surface area contributed by atoms with Gasteiger partial charge in [-0.05, 0) is 63.4 Å². The summed E-state index contributed by atoms with van der Waals surface area (Å²) in [5.74, 6) is 0.172. The van der Waals surface area contributed by atoms with Crippen LogP contribution in [0.25, 0.3) is 21.3 Å². The quantitative estimate of drug-likeness (QED) is 0.444. The van der Waals surface area contributed by atoms with Crippen LogP contribution in [0.1, 0.15) is 47.3 Å². The van der Waals surface area contributed by atoms with E-state index in [-0.39, 0.29) is 30.9 Å². The number of epoxide rings is 1. The lowest BCUT2D eigenvalue weighted by Gasteiger charge is -2.38. The number of pyridine rings is 1. The van der Waals surface area contributed by atoms with Crippen molar-refractivity contribution in [2.45, 2.75) is 69.8 Å². The number of hydrogen-bond acceptors (Lipinski definition) is 8. The molecule has 1 spiro atoms. The number of anilines is 1. The summed E-state index contributed by atoms with van der Waals surface area (Å²) in [4.78, 5) is 25.2. The molecular weight excluding hydrogens is 524 g/mol. The Bertz CT molecular complexity index is 1490. The Hall–Kier alpha value is -2.56. The Morgan fingerprint density at radius 2 is 1.98 bits per heavy atom. The molecule has 6 heterocycles. The molecule has 2 N–H and O–H groups in total. The number of hydrogen-bond donors (Lipinski definition) is 2. The van der Waals surface area contributed by atoms with Gasteiger partial charge in [0.25, 0.3) is 0 Å². The fourth-order valence-electron chi connectivity index (χ4n) is 7.39. The lowest BCUT2D eigenvalue weighted by Crippen LogP contribution is -2.47. The van der Waals surface area contributed by atoms with E-state index in [4.69, 9.17) is 9.72 Å². The van der Waals surface area contributed by atoms with Gasteiger partial charge in [0.05, 0.1) is 42.1 Å². The summed E-state index contributed by atoms with van der Waals surface area (Å²) >= 11 is 1.74. The highest BCUT2D eigenvalue weighted by Crippen LogP contribution is 2.48. The number of benzene rings is 1. The Labute approximate surface area is 239 Å². The highest BCUT2D eigenvalue weighted by molar-refractivity contribution is 7.19. The molecule has 40 heavy (non-hydrogen) atoms. The third-order valence-corrected chi connectivity index (χ3v) is 10.9.